The first-order chi connectivity index (χ1) is 9.19. The van der Waals surface area contributed by atoms with Crippen LogP contribution in [0, 0.1) is 6.92 Å². The normalized spacial score (nSPS) is 19.5. The molecule has 4 nitrogen and oxygen atoms in total. The van der Waals surface area contributed by atoms with Gasteiger partial charge in [0.2, 0.25) is 0 Å². The molecular weight excluding hydrogens is 238 g/mol. The van der Waals surface area contributed by atoms with Gasteiger partial charge >= 0.3 is 0 Å². The number of benzene rings is 1. The SMILES string of the molecule is Cc1ccc(C(O)CN2CCN(CCN)CC2)cc1. The molecule has 0 spiro atoms. The third-order valence-electron chi connectivity index (χ3n) is 3.80. The van der Waals surface area contributed by atoms with Gasteiger partial charge in [-0.05, 0) is 12.5 Å². The first kappa shape index (κ1) is 14.5. The van der Waals surface area contributed by atoms with Gasteiger partial charge in [-0.25, -0.2) is 0 Å². The zero-order chi connectivity index (χ0) is 13.7. The van der Waals surface area contributed by atoms with E-state index in [9.17, 15) is 5.11 Å². The lowest BCUT2D eigenvalue weighted by Crippen LogP contribution is -2.48. The fourth-order valence-electron chi connectivity index (χ4n) is 2.52. The van der Waals surface area contributed by atoms with Gasteiger partial charge in [0.05, 0.1) is 6.10 Å². The molecule has 19 heavy (non-hydrogen) atoms. The van der Waals surface area contributed by atoms with E-state index in [0.717, 1.165) is 51.4 Å². The predicted octanol–water partition coefficient (Wildman–Crippen LogP) is 0.605. The molecule has 1 fully saturated rings. The number of hydrogen-bond acceptors (Lipinski definition) is 4. The summed E-state index contributed by atoms with van der Waals surface area (Å²) in [7, 11) is 0. The first-order valence-corrected chi connectivity index (χ1v) is 7.08. The Balaban J connectivity index is 1.80. The topological polar surface area (TPSA) is 52.7 Å². The Labute approximate surface area is 115 Å². The van der Waals surface area contributed by atoms with E-state index >= 15 is 0 Å². The highest BCUT2D eigenvalue weighted by Gasteiger charge is 2.19. The van der Waals surface area contributed by atoms with Crippen LogP contribution in [0.25, 0.3) is 0 Å². The predicted molar refractivity (Wildman–Crippen MR) is 78.1 cm³/mol. The van der Waals surface area contributed by atoms with Gasteiger partial charge in [0, 0.05) is 45.8 Å². The molecule has 3 N–H and O–H groups in total. The number of nitrogens with two attached hydrogens (primary N) is 1. The van der Waals surface area contributed by atoms with E-state index in [1.54, 1.807) is 0 Å². The Kier molecular flexibility index (Phi) is 5.34. The second-order valence-electron chi connectivity index (χ2n) is 5.36. The van der Waals surface area contributed by atoms with E-state index in [1.165, 1.54) is 5.56 Å². The molecule has 0 bridgehead atoms. The van der Waals surface area contributed by atoms with Gasteiger partial charge in [-0.15, -0.1) is 0 Å². The molecule has 1 aromatic carbocycles. The van der Waals surface area contributed by atoms with Crippen molar-refractivity contribution in [1.82, 2.24) is 9.80 Å². The Bertz CT molecular complexity index is 371. The minimum Gasteiger partial charge on any atom is -0.387 e. The highest BCUT2D eigenvalue weighted by Crippen LogP contribution is 2.16. The van der Waals surface area contributed by atoms with Gasteiger partial charge in [0.25, 0.3) is 0 Å². The number of rotatable bonds is 5. The van der Waals surface area contributed by atoms with Crippen molar-refractivity contribution < 1.29 is 5.11 Å². The summed E-state index contributed by atoms with van der Waals surface area (Å²) in [5, 5.41) is 10.3. The molecule has 0 aliphatic carbocycles. The van der Waals surface area contributed by atoms with Crippen LogP contribution in [-0.2, 0) is 0 Å². The van der Waals surface area contributed by atoms with Gasteiger partial charge in [0.15, 0.2) is 0 Å². The number of β-amino-alcohol motifs (C(OH)–C–C–N with tert-alkyl or cyclic N) is 1. The number of aryl methyl sites for hydroxylation is 1. The molecule has 1 aliphatic rings. The highest BCUT2D eigenvalue weighted by atomic mass is 16.3. The molecule has 106 valence electrons. The van der Waals surface area contributed by atoms with Crippen molar-refractivity contribution in [3.63, 3.8) is 0 Å². The van der Waals surface area contributed by atoms with Crippen LogP contribution in [0.4, 0.5) is 0 Å². The smallest absolute Gasteiger partial charge is 0.0916 e. The van der Waals surface area contributed by atoms with E-state index in [-0.39, 0.29) is 6.10 Å². The van der Waals surface area contributed by atoms with E-state index in [2.05, 4.69) is 28.9 Å². The van der Waals surface area contributed by atoms with Gasteiger partial charge in [-0.2, -0.15) is 0 Å². The Morgan fingerprint density at radius 3 is 2.26 bits per heavy atom. The molecule has 0 radical (unpaired) electrons. The van der Waals surface area contributed by atoms with Crippen molar-refractivity contribution >= 4 is 0 Å². The summed E-state index contributed by atoms with van der Waals surface area (Å²) in [6.07, 6.45) is -0.387. The van der Waals surface area contributed by atoms with Crippen molar-refractivity contribution in [2.75, 3.05) is 45.8 Å². The number of piperazine rings is 1. The summed E-state index contributed by atoms with van der Waals surface area (Å²) in [5.74, 6) is 0. The summed E-state index contributed by atoms with van der Waals surface area (Å²) < 4.78 is 0. The summed E-state index contributed by atoms with van der Waals surface area (Å²) in [6, 6.07) is 8.14. The summed E-state index contributed by atoms with van der Waals surface area (Å²) in [4.78, 5) is 4.71. The molecule has 0 aromatic heterocycles. The Hall–Kier alpha value is -0.940. The van der Waals surface area contributed by atoms with Crippen molar-refractivity contribution in [2.45, 2.75) is 13.0 Å². The van der Waals surface area contributed by atoms with Crippen LogP contribution in [0.5, 0.6) is 0 Å². The molecule has 2 rings (SSSR count). The molecule has 0 saturated carbocycles. The van der Waals surface area contributed by atoms with Crippen molar-refractivity contribution in [2.24, 2.45) is 5.73 Å². The molecule has 0 amide bonds. The third kappa shape index (κ3) is 4.28. The molecule has 4 heteroatoms. The average molecular weight is 263 g/mol. The lowest BCUT2D eigenvalue weighted by Gasteiger charge is -2.35. The zero-order valence-electron chi connectivity index (χ0n) is 11.8. The average Bonchev–Trinajstić information content (AvgIpc) is 2.42. The van der Waals surface area contributed by atoms with Crippen LogP contribution in [0.3, 0.4) is 0 Å². The van der Waals surface area contributed by atoms with Crippen LogP contribution in [0.1, 0.15) is 17.2 Å². The first-order valence-electron chi connectivity index (χ1n) is 7.08. The van der Waals surface area contributed by atoms with Gasteiger partial charge in [-0.3, -0.25) is 9.80 Å². The minimum absolute atomic E-state index is 0.387. The van der Waals surface area contributed by atoms with E-state index < -0.39 is 0 Å². The van der Waals surface area contributed by atoms with E-state index in [1.807, 2.05) is 12.1 Å². The third-order valence-corrected chi connectivity index (χ3v) is 3.80. The zero-order valence-corrected chi connectivity index (χ0v) is 11.8. The maximum Gasteiger partial charge on any atom is 0.0916 e. The van der Waals surface area contributed by atoms with Crippen molar-refractivity contribution in [3.05, 3.63) is 35.4 Å². The maximum atomic E-state index is 10.3. The standard InChI is InChI=1S/C15H25N3O/c1-13-2-4-14(5-3-13)15(19)12-18-10-8-17(7-6-16)9-11-18/h2-5,15,19H,6-12,16H2,1H3. The van der Waals surface area contributed by atoms with Crippen LogP contribution in [0.15, 0.2) is 24.3 Å². The largest absolute Gasteiger partial charge is 0.387 e. The number of nitrogens with zero attached hydrogens (tertiary/aromatic N) is 2. The molecular formula is C15H25N3O. The number of aliphatic hydroxyl groups excluding tert-OH is 1. The molecule has 1 heterocycles. The van der Waals surface area contributed by atoms with Gasteiger partial charge in [-0.1, -0.05) is 29.8 Å². The summed E-state index contributed by atoms with van der Waals surface area (Å²) >= 11 is 0. The van der Waals surface area contributed by atoms with Gasteiger partial charge < -0.3 is 10.8 Å². The lowest BCUT2D eigenvalue weighted by atomic mass is 10.1. The summed E-state index contributed by atoms with van der Waals surface area (Å²) in [5.41, 5.74) is 7.80. The quantitative estimate of drug-likeness (QED) is 0.817. The van der Waals surface area contributed by atoms with Crippen molar-refractivity contribution in [1.29, 1.82) is 0 Å². The molecule has 1 unspecified atom stereocenters. The van der Waals surface area contributed by atoms with Crippen molar-refractivity contribution in [3.8, 4) is 0 Å². The Morgan fingerprint density at radius 1 is 1.11 bits per heavy atom. The lowest BCUT2D eigenvalue weighted by molar-refractivity contribution is 0.0736. The second kappa shape index (κ2) is 7.01. The molecule has 1 saturated heterocycles. The Morgan fingerprint density at radius 2 is 1.68 bits per heavy atom. The monoisotopic (exact) mass is 263 g/mol. The number of hydrogen-bond donors (Lipinski definition) is 2. The van der Waals surface area contributed by atoms with E-state index in [4.69, 9.17) is 5.73 Å². The highest BCUT2D eigenvalue weighted by molar-refractivity contribution is 5.23. The van der Waals surface area contributed by atoms with Crippen LogP contribution >= 0.6 is 0 Å². The minimum atomic E-state index is -0.387. The molecule has 1 aromatic rings. The van der Waals surface area contributed by atoms with Gasteiger partial charge in [0.1, 0.15) is 0 Å². The number of aliphatic hydroxyl groups is 1. The van der Waals surface area contributed by atoms with Crippen LogP contribution in [-0.4, -0.2) is 60.7 Å². The fourth-order valence-corrected chi connectivity index (χ4v) is 2.52. The van der Waals surface area contributed by atoms with E-state index in [0.29, 0.717) is 0 Å². The van der Waals surface area contributed by atoms with Crippen LogP contribution in [0.2, 0.25) is 0 Å². The summed E-state index contributed by atoms with van der Waals surface area (Å²) in [6.45, 7) is 8.63. The molecule has 1 atom stereocenters. The maximum absolute atomic E-state index is 10.3. The second-order valence-corrected chi connectivity index (χ2v) is 5.36. The fraction of sp³-hybridized carbons (Fsp3) is 0.600. The molecule has 1 aliphatic heterocycles. The van der Waals surface area contributed by atoms with Crippen LogP contribution < -0.4 is 5.73 Å².